The van der Waals surface area contributed by atoms with E-state index in [-0.39, 0.29) is 0 Å². The van der Waals surface area contributed by atoms with E-state index < -0.39 is 0 Å². The predicted molar refractivity (Wildman–Crippen MR) is 85.9 cm³/mol. The number of nitrogens with zero attached hydrogens (tertiary/aromatic N) is 1. The third kappa shape index (κ3) is 2.78. The van der Waals surface area contributed by atoms with Gasteiger partial charge in [0.05, 0.1) is 0 Å². The van der Waals surface area contributed by atoms with Crippen molar-refractivity contribution in [3.63, 3.8) is 0 Å². The third-order valence-corrected chi connectivity index (χ3v) is 6.48. The molecule has 20 heavy (non-hydrogen) atoms. The topological polar surface area (TPSA) is 15.3 Å². The summed E-state index contributed by atoms with van der Waals surface area (Å²) < 4.78 is 0. The Balaban J connectivity index is 1.68. The van der Waals surface area contributed by atoms with Crippen LogP contribution >= 0.6 is 0 Å². The fourth-order valence-corrected chi connectivity index (χ4v) is 5.03. The Morgan fingerprint density at radius 1 is 1.00 bits per heavy atom. The van der Waals surface area contributed by atoms with Gasteiger partial charge in [-0.3, -0.25) is 0 Å². The number of likely N-dealkylation sites (tertiary alicyclic amines) is 1. The molecule has 0 aromatic heterocycles. The summed E-state index contributed by atoms with van der Waals surface area (Å²) >= 11 is 0. The number of fused-ring (bicyclic) bond motifs is 2. The number of hydrogen-bond acceptors (Lipinski definition) is 2. The molecule has 3 aliphatic rings. The summed E-state index contributed by atoms with van der Waals surface area (Å²) in [6, 6.07) is 2.30. The van der Waals surface area contributed by atoms with Crippen molar-refractivity contribution < 1.29 is 0 Å². The molecule has 2 heteroatoms. The van der Waals surface area contributed by atoms with Crippen LogP contribution in [0.4, 0.5) is 0 Å². The zero-order chi connectivity index (χ0) is 14.3. The fraction of sp³-hybridized carbons (Fsp3) is 1.00. The van der Waals surface area contributed by atoms with Crippen LogP contribution in [0.15, 0.2) is 0 Å². The standard InChI is InChI=1S/C18H34N2/c1-13(2)20-11-14-7-5-8-15(12-20)17(14)19-16-9-6-10-18(16,3)4/h13-17,19H,5-12H2,1-4H3. The lowest BCUT2D eigenvalue weighted by Crippen LogP contribution is -2.61. The van der Waals surface area contributed by atoms with Crippen molar-refractivity contribution >= 4 is 0 Å². The SMILES string of the molecule is CC(C)N1CC2CCCC(C1)C2NC1CCCC1(C)C. The first kappa shape index (κ1) is 14.8. The molecule has 0 radical (unpaired) electrons. The van der Waals surface area contributed by atoms with Gasteiger partial charge in [0.15, 0.2) is 0 Å². The Bertz CT molecular complexity index is 322. The summed E-state index contributed by atoms with van der Waals surface area (Å²) in [6.07, 6.45) is 8.59. The molecule has 0 aromatic carbocycles. The molecule has 2 bridgehead atoms. The zero-order valence-corrected chi connectivity index (χ0v) is 14.0. The average molecular weight is 278 g/mol. The van der Waals surface area contributed by atoms with Gasteiger partial charge in [0, 0.05) is 31.2 Å². The van der Waals surface area contributed by atoms with E-state index in [1.807, 2.05) is 0 Å². The molecule has 0 aromatic rings. The van der Waals surface area contributed by atoms with Crippen molar-refractivity contribution in [3.8, 4) is 0 Å². The van der Waals surface area contributed by atoms with Crippen LogP contribution in [0.2, 0.25) is 0 Å². The monoisotopic (exact) mass is 278 g/mol. The van der Waals surface area contributed by atoms with Crippen LogP contribution in [0.1, 0.15) is 66.2 Å². The van der Waals surface area contributed by atoms with Crippen molar-refractivity contribution in [2.45, 2.75) is 84.3 Å². The van der Waals surface area contributed by atoms with Crippen molar-refractivity contribution in [1.82, 2.24) is 10.2 Å². The summed E-state index contributed by atoms with van der Waals surface area (Å²) in [5.41, 5.74) is 0.517. The first-order chi connectivity index (χ1) is 9.47. The molecule has 1 N–H and O–H groups in total. The molecular weight excluding hydrogens is 244 g/mol. The van der Waals surface area contributed by atoms with Gasteiger partial charge in [-0.25, -0.2) is 0 Å². The van der Waals surface area contributed by atoms with Crippen LogP contribution in [-0.4, -0.2) is 36.1 Å². The minimum Gasteiger partial charge on any atom is -0.310 e. The van der Waals surface area contributed by atoms with E-state index in [9.17, 15) is 0 Å². The van der Waals surface area contributed by atoms with Crippen LogP contribution in [0, 0.1) is 17.3 Å². The maximum Gasteiger partial charge on any atom is 0.0151 e. The highest BCUT2D eigenvalue weighted by Crippen LogP contribution is 2.41. The summed E-state index contributed by atoms with van der Waals surface area (Å²) in [6.45, 7) is 12.3. The summed E-state index contributed by atoms with van der Waals surface area (Å²) in [5, 5.41) is 4.14. The molecule has 3 fully saturated rings. The Labute approximate surface area is 125 Å². The van der Waals surface area contributed by atoms with E-state index in [2.05, 4.69) is 37.9 Å². The molecule has 1 saturated heterocycles. The van der Waals surface area contributed by atoms with Gasteiger partial charge in [0.25, 0.3) is 0 Å². The van der Waals surface area contributed by atoms with Crippen molar-refractivity contribution in [2.75, 3.05) is 13.1 Å². The highest BCUT2D eigenvalue weighted by molar-refractivity contribution is 5.00. The second-order valence-electron chi connectivity index (χ2n) is 8.62. The Morgan fingerprint density at radius 2 is 1.65 bits per heavy atom. The van der Waals surface area contributed by atoms with E-state index in [0.717, 1.165) is 30.0 Å². The molecule has 1 heterocycles. The van der Waals surface area contributed by atoms with Gasteiger partial charge in [-0.15, -0.1) is 0 Å². The maximum atomic E-state index is 4.14. The van der Waals surface area contributed by atoms with Gasteiger partial charge in [0.2, 0.25) is 0 Å². The smallest absolute Gasteiger partial charge is 0.0151 e. The highest BCUT2D eigenvalue weighted by atomic mass is 15.2. The Morgan fingerprint density at radius 3 is 2.15 bits per heavy atom. The van der Waals surface area contributed by atoms with Gasteiger partial charge in [-0.05, 0) is 56.8 Å². The van der Waals surface area contributed by atoms with E-state index in [1.165, 1.54) is 51.6 Å². The van der Waals surface area contributed by atoms with Gasteiger partial charge in [-0.2, -0.15) is 0 Å². The highest BCUT2D eigenvalue weighted by Gasteiger charge is 2.43. The van der Waals surface area contributed by atoms with E-state index in [4.69, 9.17) is 0 Å². The Hall–Kier alpha value is -0.0800. The lowest BCUT2D eigenvalue weighted by Gasteiger charge is -2.50. The predicted octanol–water partition coefficient (Wildman–Crippen LogP) is 3.66. The van der Waals surface area contributed by atoms with Crippen LogP contribution in [0.3, 0.4) is 0 Å². The van der Waals surface area contributed by atoms with E-state index >= 15 is 0 Å². The van der Waals surface area contributed by atoms with E-state index in [1.54, 1.807) is 0 Å². The molecule has 3 unspecified atom stereocenters. The molecule has 2 saturated carbocycles. The van der Waals surface area contributed by atoms with Gasteiger partial charge in [-0.1, -0.05) is 26.7 Å². The summed E-state index contributed by atoms with van der Waals surface area (Å²) in [4.78, 5) is 2.73. The Kier molecular flexibility index (Phi) is 4.16. The molecule has 0 amide bonds. The summed E-state index contributed by atoms with van der Waals surface area (Å²) in [5.74, 6) is 1.81. The van der Waals surface area contributed by atoms with Crippen molar-refractivity contribution in [1.29, 1.82) is 0 Å². The van der Waals surface area contributed by atoms with Crippen LogP contribution in [0.5, 0.6) is 0 Å². The van der Waals surface area contributed by atoms with Crippen LogP contribution in [0.25, 0.3) is 0 Å². The normalized spacial score (nSPS) is 41.2. The molecule has 3 rings (SSSR count). The molecule has 2 aliphatic carbocycles. The number of hydrogen-bond donors (Lipinski definition) is 1. The fourth-order valence-electron chi connectivity index (χ4n) is 5.03. The molecule has 1 aliphatic heterocycles. The molecule has 2 nitrogen and oxygen atoms in total. The van der Waals surface area contributed by atoms with Crippen LogP contribution in [-0.2, 0) is 0 Å². The second kappa shape index (κ2) is 5.61. The van der Waals surface area contributed by atoms with Crippen LogP contribution < -0.4 is 5.32 Å². The number of piperidine rings is 1. The third-order valence-electron chi connectivity index (χ3n) is 6.48. The largest absolute Gasteiger partial charge is 0.310 e. The lowest BCUT2D eigenvalue weighted by atomic mass is 9.72. The molecule has 0 spiro atoms. The lowest BCUT2D eigenvalue weighted by molar-refractivity contribution is 0.0193. The van der Waals surface area contributed by atoms with Gasteiger partial charge < -0.3 is 10.2 Å². The summed E-state index contributed by atoms with van der Waals surface area (Å²) in [7, 11) is 0. The first-order valence-electron chi connectivity index (χ1n) is 8.97. The number of rotatable bonds is 3. The minimum atomic E-state index is 0.517. The average Bonchev–Trinajstić information content (AvgIpc) is 2.68. The van der Waals surface area contributed by atoms with E-state index in [0.29, 0.717) is 5.41 Å². The second-order valence-corrected chi connectivity index (χ2v) is 8.62. The first-order valence-corrected chi connectivity index (χ1v) is 8.97. The molecule has 3 atom stereocenters. The van der Waals surface area contributed by atoms with Crippen molar-refractivity contribution in [2.24, 2.45) is 17.3 Å². The minimum absolute atomic E-state index is 0.517. The quantitative estimate of drug-likeness (QED) is 0.847. The zero-order valence-electron chi connectivity index (χ0n) is 14.0. The number of nitrogens with one attached hydrogen (secondary N) is 1. The van der Waals surface area contributed by atoms with Crippen molar-refractivity contribution in [3.05, 3.63) is 0 Å². The molecular formula is C18H34N2. The maximum absolute atomic E-state index is 4.14. The van der Waals surface area contributed by atoms with Gasteiger partial charge in [0.1, 0.15) is 0 Å². The molecule has 116 valence electrons. The van der Waals surface area contributed by atoms with Gasteiger partial charge >= 0.3 is 0 Å².